The second kappa shape index (κ2) is 2.85. The highest BCUT2D eigenvalue weighted by molar-refractivity contribution is 5.97. The highest BCUT2D eigenvalue weighted by Gasteiger charge is 2.20. The topological polar surface area (TPSA) is 77.6 Å². The van der Waals surface area contributed by atoms with Crippen LogP contribution in [-0.2, 0) is 4.79 Å². The molecule has 1 aromatic rings. The lowest BCUT2D eigenvalue weighted by atomic mass is 10.3. The first kappa shape index (κ1) is 7.72. The van der Waals surface area contributed by atoms with Gasteiger partial charge in [-0.25, -0.2) is 9.98 Å². The molecule has 0 aromatic carbocycles. The Bertz CT molecular complexity index is 375. The molecule has 0 saturated carbocycles. The molecule has 0 spiro atoms. The fourth-order valence-electron chi connectivity index (χ4n) is 1.01. The lowest BCUT2D eigenvalue weighted by Gasteiger charge is -2.16. The molecule has 0 bridgehead atoms. The largest absolute Gasteiger partial charge is 0.471 e. The van der Waals surface area contributed by atoms with Crippen LogP contribution in [0.15, 0.2) is 23.3 Å². The van der Waals surface area contributed by atoms with E-state index in [0.29, 0.717) is 11.6 Å². The molecule has 5 heteroatoms. The maximum atomic E-state index is 10.7. The minimum Gasteiger partial charge on any atom is -0.471 e. The van der Waals surface area contributed by atoms with Crippen LogP contribution in [0.4, 0.5) is 5.82 Å². The Hall–Kier alpha value is -1.91. The fourth-order valence-corrected chi connectivity index (χ4v) is 1.01. The molecule has 1 aliphatic rings. The van der Waals surface area contributed by atoms with Gasteiger partial charge in [-0.1, -0.05) is 0 Å². The van der Waals surface area contributed by atoms with Gasteiger partial charge in [0.1, 0.15) is 0 Å². The van der Waals surface area contributed by atoms with Crippen LogP contribution in [0.25, 0.3) is 0 Å². The molecule has 1 aliphatic heterocycles. The van der Waals surface area contributed by atoms with Gasteiger partial charge in [0.2, 0.25) is 6.10 Å². The van der Waals surface area contributed by atoms with Crippen molar-refractivity contribution in [2.75, 3.05) is 0 Å². The zero-order valence-corrected chi connectivity index (χ0v) is 6.68. The summed E-state index contributed by atoms with van der Waals surface area (Å²) in [5.41, 5.74) is 5.05. The second-order valence-corrected chi connectivity index (χ2v) is 2.54. The monoisotopic (exact) mass is 177 g/mol. The molecule has 2 heterocycles. The van der Waals surface area contributed by atoms with E-state index in [-0.39, 0.29) is 0 Å². The molecule has 2 N–H and O–H groups in total. The Labute approximate surface area is 74.3 Å². The third kappa shape index (κ3) is 1.35. The van der Waals surface area contributed by atoms with Gasteiger partial charge < -0.3 is 10.5 Å². The Balaban J connectivity index is 2.34. The van der Waals surface area contributed by atoms with Crippen LogP contribution in [0.2, 0.25) is 0 Å². The van der Waals surface area contributed by atoms with Crippen LogP contribution in [0.1, 0.15) is 0 Å². The molecule has 1 amide bonds. The number of carbonyl (C=O) groups excluding carboxylic acids is 1. The number of ether oxygens (including phenoxy) is 1. The Kier molecular flexibility index (Phi) is 1.70. The number of aliphatic imine (C=N–C) groups is 1. The van der Waals surface area contributed by atoms with Gasteiger partial charge in [-0.05, 0) is 12.1 Å². The number of fused-ring (bicyclic) bond motifs is 1. The molecular formula is C8H7N3O2. The second-order valence-electron chi connectivity index (χ2n) is 2.54. The van der Waals surface area contributed by atoms with E-state index in [1.807, 2.05) is 0 Å². The summed E-state index contributed by atoms with van der Waals surface area (Å²) in [5, 5.41) is 0. The normalized spacial score (nSPS) is 18.9. The average molecular weight is 177 g/mol. The standard InChI is InChI=1S/C8H7N3O2/c9-7(12)6-4-11-8-5(13-6)2-1-3-10-8/h1-4,6H,(H2,9,12). The number of rotatable bonds is 1. The molecule has 0 radical (unpaired) electrons. The lowest BCUT2D eigenvalue weighted by molar-refractivity contribution is -0.122. The minimum absolute atomic E-state index is 0.472. The van der Waals surface area contributed by atoms with Crippen molar-refractivity contribution >= 4 is 17.9 Å². The lowest BCUT2D eigenvalue weighted by Crippen LogP contribution is -2.36. The van der Waals surface area contributed by atoms with Crippen molar-refractivity contribution in [3.63, 3.8) is 0 Å². The zero-order chi connectivity index (χ0) is 9.26. The van der Waals surface area contributed by atoms with Gasteiger partial charge in [-0.15, -0.1) is 0 Å². The number of nitrogens with zero attached hydrogens (tertiary/aromatic N) is 2. The van der Waals surface area contributed by atoms with Crippen molar-refractivity contribution in [3.8, 4) is 5.75 Å². The number of primary amides is 1. The summed E-state index contributed by atoms with van der Waals surface area (Å²) in [6, 6.07) is 3.40. The number of hydrogen-bond donors (Lipinski definition) is 1. The number of aromatic nitrogens is 1. The number of amides is 1. The number of hydrogen-bond acceptors (Lipinski definition) is 4. The number of pyridine rings is 1. The van der Waals surface area contributed by atoms with Crippen molar-refractivity contribution in [1.82, 2.24) is 4.98 Å². The maximum Gasteiger partial charge on any atom is 0.264 e. The molecule has 13 heavy (non-hydrogen) atoms. The maximum absolute atomic E-state index is 10.7. The van der Waals surface area contributed by atoms with Crippen molar-refractivity contribution in [2.24, 2.45) is 10.7 Å². The SMILES string of the molecule is NC(=O)C1C=Nc2ncccc2O1. The third-order valence-corrected chi connectivity index (χ3v) is 1.62. The van der Waals surface area contributed by atoms with E-state index in [1.54, 1.807) is 18.3 Å². The third-order valence-electron chi connectivity index (χ3n) is 1.62. The summed E-state index contributed by atoms with van der Waals surface area (Å²) >= 11 is 0. The summed E-state index contributed by atoms with van der Waals surface area (Å²) in [5.74, 6) is 0.395. The predicted molar refractivity (Wildman–Crippen MR) is 46.0 cm³/mol. The number of carbonyl (C=O) groups is 1. The van der Waals surface area contributed by atoms with Crippen LogP contribution < -0.4 is 10.5 Å². The first-order valence-corrected chi connectivity index (χ1v) is 3.72. The van der Waals surface area contributed by atoms with Crippen molar-refractivity contribution in [3.05, 3.63) is 18.3 Å². The van der Waals surface area contributed by atoms with Crippen LogP contribution in [0, 0.1) is 0 Å². The molecule has 0 aliphatic carbocycles. The van der Waals surface area contributed by atoms with Crippen molar-refractivity contribution in [2.45, 2.75) is 6.10 Å². The smallest absolute Gasteiger partial charge is 0.264 e. The van der Waals surface area contributed by atoms with E-state index in [0.717, 1.165) is 0 Å². The quantitative estimate of drug-likeness (QED) is 0.657. The van der Waals surface area contributed by atoms with Gasteiger partial charge in [0, 0.05) is 6.20 Å². The molecular weight excluding hydrogens is 170 g/mol. The highest BCUT2D eigenvalue weighted by Crippen LogP contribution is 2.27. The van der Waals surface area contributed by atoms with E-state index < -0.39 is 12.0 Å². The average Bonchev–Trinajstić information content (AvgIpc) is 2.17. The summed E-state index contributed by atoms with van der Waals surface area (Å²) in [7, 11) is 0. The molecule has 0 fully saturated rings. The van der Waals surface area contributed by atoms with Gasteiger partial charge in [-0.3, -0.25) is 4.79 Å². The van der Waals surface area contributed by atoms with E-state index in [2.05, 4.69) is 9.98 Å². The van der Waals surface area contributed by atoms with E-state index in [9.17, 15) is 4.79 Å². The molecule has 5 nitrogen and oxygen atoms in total. The summed E-state index contributed by atoms with van der Waals surface area (Å²) in [6.45, 7) is 0. The van der Waals surface area contributed by atoms with Gasteiger partial charge in [0.05, 0.1) is 6.21 Å². The zero-order valence-electron chi connectivity index (χ0n) is 6.68. The first-order valence-electron chi connectivity index (χ1n) is 3.72. The fraction of sp³-hybridized carbons (Fsp3) is 0.125. The molecule has 1 atom stereocenters. The van der Waals surface area contributed by atoms with Crippen LogP contribution in [-0.4, -0.2) is 23.2 Å². The Morgan fingerprint density at radius 3 is 3.23 bits per heavy atom. The van der Waals surface area contributed by atoms with Crippen molar-refractivity contribution < 1.29 is 9.53 Å². The Morgan fingerprint density at radius 2 is 2.46 bits per heavy atom. The van der Waals surface area contributed by atoms with Gasteiger partial charge >= 0.3 is 0 Å². The van der Waals surface area contributed by atoms with Crippen LogP contribution in [0.3, 0.4) is 0 Å². The molecule has 66 valence electrons. The molecule has 0 saturated heterocycles. The van der Waals surface area contributed by atoms with E-state index in [4.69, 9.17) is 10.5 Å². The van der Waals surface area contributed by atoms with Gasteiger partial charge in [0.25, 0.3) is 5.91 Å². The van der Waals surface area contributed by atoms with E-state index >= 15 is 0 Å². The number of nitrogens with two attached hydrogens (primary N) is 1. The summed E-state index contributed by atoms with van der Waals surface area (Å²) in [6.07, 6.45) is 2.17. The first-order chi connectivity index (χ1) is 6.27. The highest BCUT2D eigenvalue weighted by atomic mass is 16.5. The molecule has 1 aromatic heterocycles. The Morgan fingerprint density at radius 1 is 1.62 bits per heavy atom. The van der Waals surface area contributed by atoms with Gasteiger partial charge in [-0.2, -0.15) is 0 Å². The van der Waals surface area contributed by atoms with E-state index in [1.165, 1.54) is 6.21 Å². The van der Waals surface area contributed by atoms with Crippen LogP contribution in [0.5, 0.6) is 5.75 Å². The van der Waals surface area contributed by atoms with Gasteiger partial charge in [0.15, 0.2) is 11.6 Å². The predicted octanol–water partition coefficient (Wildman–Crippen LogP) is 0.0302. The van der Waals surface area contributed by atoms with Crippen LogP contribution >= 0.6 is 0 Å². The summed E-state index contributed by atoms with van der Waals surface area (Å²) in [4.78, 5) is 18.6. The minimum atomic E-state index is -0.781. The molecule has 1 unspecified atom stereocenters. The molecule has 2 rings (SSSR count). The summed E-state index contributed by atoms with van der Waals surface area (Å²) < 4.78 is 5.21. The van der Waals surface area contributed by atoms with Crippen molar-refractivity contribution in [1.29, 1.82) is 0 Å².